The molecule has 2 rings (SSSR count). The van der Waals surface area contributed by atoms with Gasteiger partial charge in [0.15, 0.2) is 0 Å². The summed E-state index contributed by atoms with van der Waals surface area (Å²) in [4.78, 5) is 13.5. The molecule has 0 aliphatic carbocycles. The molecule has 1 aromatic rings. The molecule has 0 radical (unpaired) electrons. The van der Waals surface area contributed by atoms with Gasteiger partial charge in [-0.25, -0.2) is 9.97 Å². The minimum atomic E-state index is 0.714. The minimum Gasteiger partial charge on any atom is -0.370 e. The molecule has 0 bridgehead atoms. The van der Waals surface area contributed by atoms with Gasteiger partial charge in [0.05, 0.1) is 0 Å². The normalized spacial score (nSPS) is 16.7. The van der Waals surface area contributed by atoms with E-state index in [2.05, 4.69) is 51.9 Å². The molecule has 20 heavy (non-hydrogen) atoms. The molecule has 1 aromatic heterocycles. The topological polar surface area (TPSA) is 44.3 Å². The molecule has 0 atom stereocenters. The van der Waals surface area contributed by atoms with Crippen LogP contribution in [-0.4, -0.2) is 54.1 Å². The number of piperazine rings is 1. The number of nitrogens with one attached hydrogen (secondary N) is 1. The number of likely N-dealkylation sites (N-methyl/N-ethyl adjacent to an activating group) is 1. The van der Waals surface area contributed by atoms with Crippen LogP contribution >= 0.6 is 0 Å². The second-order valence-corrected chi connectivity index (χ2v) is 5.79. The summed E-state index contributed by atoms with van der Waals surface area (Å²) >= 11 is 0. The van der Waals surface area contributed by atoms with Crippen molar-refractivity contribution in [3.05, 3.63) is 12.4 Å². The Bertz CT molecular complexity index is 399. The maximum absolute atomic E-state index is 4.41. The molecule has 0 aromatic carbocycles. The van der Waals surface area contributed by atoms with Crippen LogP contribution in [-0.2, 0) is 0 Å². The number of nitrogens with zero attached hydrogens (tertiary/aromatic N) is 4. The predicted molar refractivity (Wildman–Crippen MR) is 84.3 cm³/mol. The first-order valence-electron chi connectivity index (χ1n) is 7.72. The second-order valence-electron chi connectivity index (χ2n) is 5.79. The molecule has 1 aliphatic rings. The van der Waals surface area contributed by atoms with Crippen LogP contribution in [0.25, 0.3) is 0 Å². The van der Waals surface area contributed by atoms with E-state index in [1.165, 1.54) is 0 Å². The lowest BCUT2D eigenvalue weighted by Gasteiger charge is -2.34. The molecule has 1 saturated heterocycles. The van der Waals surface area contributed by atoms with Gasteiger partial charge in [-0.2, -0.15) is 0 Å². The number of hydrogen-bond acceptors (Lipinski definition) is 5. The number of hydrogen-bond donors (Lipinski definition) is 1. The number of anilines is 2. The predicted octanol–water partition coefficient (Wildman–Crippen LogP) is 2.08. The highest BCUT2D eigenvalue weighted by atomic mass is 15.3. The van der Waals surface area contributed by atoms with Gasteiger partial charge in [-0.1, -0.05) is 20.8 Å². The number of aromatic nitrogens is 2. The third kappa shape index (κ3) is 4.34. The van der Waals surface area contributed by atoms with E-state index in [1.54, 1.807) is 6.33 Å². The Labute approximate surface area is 122 Å². The van der Waals surface area contributed by atoms with Crippen LogP contribution in [0.2, 0.25) is 0 Å². The summed E-state index contributed by atoms with van der Waals surface area (Å²) in [5, 5.41) is 3.39. The van der Waals surface area contributed by atoms with Crippen molar-refractivity contribution in [3.8, 4) is 0 Å². The molecule has 0 spiro atoms. The lowest BCUT2D eigenvalue weighted by atomic mass is 10.1. The van der Waals surface area contributed by atoms with Gasteiger partial charge in [-0.15, -0.1) is 0 Å². The Hall–Kier alpha value is -1.36. The second kappa shape index (κ2) is 7.43. The highest BCUT2D eigenvalue weighted by Crippen LogP contribution is 2.16. The fourth-order valence-corrected chi connectivity index (χ4v) is 2.40. The first-order chi connectivity index (χ1) is 9.69. The molecule has 0 saturated carbocycles. The van der Waals surface area contributed by atoms with Crippen LogP contribution in [0.3, 0.4) is 0 Å². The quantitative estimate of drug-likeness (QED) is 0.862. The molecule has 5 heteroatoms. The molecule has 112 valence electrons. The van der Waals surface area contributed by atoms with E-state index < -0.39 is 0 Å². The summed E-state index contributed by atoms with van der Waals surface area (Å²) in [6.07, 6.45) is 2.83. The summed E-state index contributed by atoms with van der Waals surface area (Å²) in [5.74, 6) is 2.70. The van der Waals surface area contributed by atoms with Gasteiger partial charge in [-0.3, -0.25) is 0 Å². The van der Waals surface area contributed by atoms with E-state index in [0.29, 0.717) is 5.92 Å². The minimum absolute atomic E-state index is 0.714. The van der Waals surface area contributed by atoms with Gasteiger partial charge in [0.25, 0.3) is 0 Å². The first-order valence-corrected chi connectivity index (χ1v) is 7.72. The molecule has 0 unspecified atom stereocenters. The molecule has 1 fully saturated rings. The Balaban J connectivity index is 1.89. The van der Waals surface area contributed by atoms with E-state index in [9.17, 15) is 0 Å². The average molecular weight is 277 g/mol. The summed E-state index contributed by atoms with van der Waals surface area (Å²) in [6.45, 7) is 13.1. The van der Waals surface area contributed by atoms with Crippen LogP contribution in [0.4, 0.5) is 11.6 Å². The maximum Gasteiger partial charge on any atom is 0.134 e. The van der Waals surface area contributed by atoms with Crippen molar-refractivity contribution in [2.75, 3.05) is 49.5 Å². The van der Waals surface area contributed by atoms with Crippen molar-refractivity contribution < 1.29 is 0 Å². The van der Waals surface area contributed by atoms with Crippen LogP contribution in [0.5, 0.6) is 0 Å². The Morgan fingerprint density at radius 3 is 2.60 bits per heavy atom. The molecular weight excluding hydrogens is 250 g/mol. The lowest BCUT2D eigenvalue weighted by molar-refractivity contribution is 0.270. The summed E-state index contributed by atoms with van der Waals surface area (Å²) < 4.78 is 0. The zero-order valence-electron chi connectivity index (χ0n) is 13.0. The summed E-state index contributed by atoms with van der Waals surface area (Å²) in [5.41, 5.74) is 0. The molecule has 1 N–H and O–H groups in total. The molecule has 1 aliphatic heterocycles. The molecule has 5 nitrogen and oxygen atoms in total. The van der Waals surface area contributed by atoms with Crippen molar-refractivity contribution in [2.45, 2.75) is 27.2 Å². The third-order valence-electron chi connectivity index (χ3n) is 3.82. The zero-order valence-corrected chi connectivity index (χ0v) is 13.0. The van der Waals surface area contributed by atoms with E-state index in [0.717, 1.165) is 57.3 Å². The van der Waals surface area contributed by atoms with E-state index in [-0.39, 0.29) is 0 Å². The summed E-state index contributed by atoms with van der Waals surface area (Å²) in [6, 6.07) is 2.07. The van der Waals surface area contributed by atoms with Gasteiger partial charge in [0.1, 0.15) is 18.0 Å². The number of rotatable bonds is 6. The Morgan fingerprint density at radius 1 is 1.20 bits per heavy atom. The van der Waals surface area contributed by atoms with Crippen LogP contribution in [0, 0.1) is 5.92 Å². The van der Waals surface area contributed by atoms with Crippen LogP contribution in [0.15, 0.2) is 12.4 Å². The lowest BCUT2D eigenvalue weighted by Crippen LogP contribution is -2.46. The maximum atomic E-state index is 4.41. The highest BCUT2D eigenvalue weighted by Gasteiger charge is 2.17. The molecular formula is C15H27N5. The molecule has 2 heterocycles. The van der Waals surface area contributed by atoms with E-state index >= 15 is 0 Å². The zero-order chi connectivity index (χ0) is 14.4. The van der Waals surface area contributed by atoms with Gasteiger partial charge in [0, 0.05) is 38.8 Å². The van der Waals surface area contributed by atoms with Crippen molar-refractivity contribution in [3.63, 3.8) is 0 Å². The van der Waals surface area contributed by atoms with Crippen molar-refractivity contribution in [1.29, 1.82) is 0 Å². The average Bonchev–Trinajstić information content (AvgIpc) is 2.47. The van der Waals surface area contributed by atoms with E-state index in [4.69, 9.17) is 0 Å². The van der Waals surface area contributed by atoms with Crippen molar-refractivity contribution >= 4 is 11.6 Å². The first kappa shape index (κ1) is 15.0. The van der Waals surface area contributed by atoms with Gasteiger partial charge in [0.2, 0.25) is 0 Å². The fraction of sp³-hybridized carbons (Fsp3) is 0.733. The van der Waals surface area contributed by atoms with Crippen LogP contribution in [0.1, 0.15) is 27.2 Å². The van der Waals surface area contributed by atoms with Gasteiger partial charge >= 0.3 is 0 Å². The summed E-state index contributed by atoms with van der Waals surface area (Å²) in [7, 11) is 0. The standard InChI is InChI=1S/C15H27N5/c1-4-19-7-9-20(10-8-19)15-11-14(17-12-18-15)16-6-5-13(2)3/h11-13H,4-10H2,1-3H3,(H,16,17,18). The van der Waals surface area contributed by atoms with Crippen molar-refractivity contribution in [1.82, 2.24) is 14.9 Å². The smallest absolute Gasteiger partial charge is 0.134 e. The Kier molecular flexibility index (Phi) is 5.59. The van der Waals surface area contributed by atoms with Gasteiger partial charge in [-0.05, 0) is 18.9 Å². The largest absolute Gasteiger partial charge is 0.370 e. The monoisotopic (exact) mass is 277 g/mol. The van der Waals surface area contributed by atoms with Gasteiger partial charge < -0.3 is 15.1 Å². The van der Waals surface area contributed by atoms with Crippen LogP contribution < -0.4 is 10.2 Å². The highest BCUT2D eigenvalue weighted by molar-refractivity contribution is 5.48. The third-order valence-corrected chi connectivity index (χ3v) is 3.82. The van der Waals surface area contributed by atoms with E-state index in [1.807, 2.05) is 0 Å². The van der Waals surface area contributed by atoms with Crippen molar-refractivity contribution in [2.24, 2.45) is 5.92 Å². The fourth-order valence-electron chi connectivity index (χ4n) is 2.40. The Morgan fingerprint density at radius 2 is 1.95 bits per heavy atom. The SMILES string of the molecule is CCN1CCN(c2cc(NCCC(C)C)ncn2)CC1. The molecule has 0 amide bonds.